The lowest BCUT2D eigenvalue weighted by atomic mass is 10.1. The topological polar surface area (TPSA) is 49.4 Å². The van der Waals surface area contributed by atoms with Gasteiger partial charge >= 0.3 is 0 Å². The fraction of sp³-hybridized carbons (Fsp3) is 0.391. The van der Waals surface area contributed by atoms with E-state index >= 15 is 0 Å². The summed E-state index contributed by atoms with van der Waals surface area (Å²) in [5.41, 5.74) is 2.22. The first-order valence-electron chi connectivity index (χ1n) is 9.85. The lowest BCUT2D eigenvalue weighted by molar-refractivity contribution is -0.141. The molecule has 2 aromatic carbocycles. The highest BCUT2D eigenvalue weighted by Gasteiger charge is 2.27. The average Bonchev–Trinajstić information content (AvgIpc) is 2.70. The van der Waals surface area contributed by atoms with Crippen LogP contribution in [-0.2, 0) is 16.1 Å². The fourth-order valence-electron chi connectivity index (χ4n) is 3.02. The minimum atomic E-state index is -0.449. The summed E-state index contributed by atoms with van der Waals surface area (Å²) in [6, 6.07) is 17.7. The molecule has 0 bridgehead atoms. The minimum absolute atomic E-state index is 0.0158. The van der Waals surface area contributed by atoms with Crippen molar-refractivity contribution in [3.8, 4) is 0 Å². The van der Waals surface area contributed by atoms with Gasteiger partial charge in [-0.25, -0.2) is 0 Å². The first kappa shape index (κ1) is 22.0. The molecule has 0 spiro atoms. The summed E-state index contributed by atoms with van der Waals surface area (Å²) in [7, 11) is 0. The van der Waals surface area contributed by atoms with E-state index in [1.807, 2.05) is 75.4 Å². The molecule has 0 aromatic heterocycles. The molecule has 0 saturated carbocycles. The Hall–Kier alpha value is -2.27. The predicted octanol–water partition coefficient (Wildman–Crippen LogP) is 4.42. The van der Waals surface area contributed by atoms with Crippen LogP contribution in [0.25, 0.3) is 0 Å². The van der Waals surface area contributed by atoms with Crippen LogP contribution < -0.4 is 5.32 Å². The number of amides is 2. The van der Waals surface area contributed by atoms with Crippen molar-refractivity contribution in [2.75, 3.05) is 12.3 Å². The maximum Gasteiger partial charge on any atom is 0.242 e. The standard InChI is InChI=1S/C23H30N2O2S/c1-4-21(23(27)24-5-2)25(17-19-13-11-18(3)12-14-19)22(26)15-16-28-20-9-7-6-8-10-20/h6-14,21H,4-5,15-17H2,1-3H3,(H,24,27)/t21-/m0/s1. The van der Waals surface area contributed by atoms with Crippen LogP contribution in [0.2, 0.25) is 0 Å². The van der Waals surface area contributed by atoms with Crippen molar-refractivity contribution in [3.05, 3.63) is 65.7 Å². The maximum atomic E-state index is 13.0. The molecule has 28 heavy (non-hydrogen) atoms. The second kappa shape index (κ2) is 11.5. The van der Waals surface area contributed by atoms with Crippen LogP contribution in [0.3, 0.4) is 0 Å². The van der Waals surface area contributed by atoms with Gasteiger partial charge in [-0.1, -0.05) is 55.0 Å². The summed E-state index contributed by atoms with van der Waals surface area (Å²) in [4.78, 5) is 28.5. The molecule has 5 heteroatoms. The number of carbonyl (C=O) groups is 2. The van der Waals surface area contributed by atoms with Crippen LogP contribution in [-0.4, -0.2) is 35.1 Å². The molecule has 1 N–H and O–H groups in total. The zero-order valence-electron chi connectivity index (χ0n) is 17.0. The van der Waals surface area contributed by atoms with Crippen LogP contribution in [0, 0.1) is 6.92 Å². The number of thioether (sulfide) groups is 1. The Morgan fingerprint density at radius 3 is 2.32 bits per heavy atom. The highest BCUT2D eigenvalue weighted by atomic mass is 32.2. The van der Waals surface area contributed by atoms with Crippen LogP contribution in [0.1, 0.15) is 37.8 Å². The molecule has 0 saturated heterocycles. The lowest BCUT2D eigenvalue weighted by Gasteiger charge is -2.30. The van der Waals surface area contributed by atoms with E-state index in [0.717, 1.165) is 10.5 Å². The fourth-order valence-corrected chi connectivity index (χ4v) is 3.88. The Morgan fingerprint density at radius 1 is 1.04 bits per heavy atom. The van der Waals surface area contributed by atoms with E-state index in [4.69, 9.17) is 0 Å². The Balaban J connectivity index is 2.09. The summed E-state index contributed by atoms with van der Waals surface area (Å²) < 4.78 is 0. The number of benzene rings is 2. The van der Waals surface area contributed by atoms with Crippen molar-refractivity contribution in [2.24, 2.45) is 0 Å². The Bertz CT molecular complexity index is 747. The molecule has 0 fully saturated rings. The van der Waals surface area contributed by atoms with Gasteiger partial charge < -0.3 is 10.2 Å². The van der Waals surface area contributed by atoms with Gasteiger partial charge in [0.15, 0.2) is 0 Å². The maximum absolute atomic E-state index is 13.0. The van der Waals surface area contributed by atoms with E-state index in [0.29, 0.717) is 31.7 Å². The third-order valence-corrected chi connectivity index (χ3v) is 5.55. The lowest BCUT2D eigenvalue weighted by Crippen LogP contribution is -2.49. The van der Waals surface area contributed by atoms with Gasteiger partial charge in [-0.15, -0.1) is 11.8 Å². The monoisotopic (exact) mass is 398 g/mol. The summed E-state index contributed by atoms with van der Waals surface area (Å²) >= 11 is 1.66. The van der Waals surface area contributed by atoms with Gasteiger partial charge in [0.1, 0.15) is 6.04 Å². The van der Waals surface area contributed by atoms with Gasteiger partial charge in [-0.3, -0.25) is 9.59 Å². The molecule has 0 radical (unpaired) electrons. The van der Waals surface area contributed by atoms with Crippen molar-refractivity contribution in [3.63, 3.8) is 0 Å². The number of hydrogen-bond donors (Lipinski definition) is 1. The average molecular weight is 399 g/mol. The molecular weight excluding hydrogens is 368 g/mol. The summed E-state index contributed by atoms with van der Waals surface area (Å²) in [6.07, 6.45) is 0.997. The normalized spacial score (nSPS) is 11.7. The Kier molecular flexibility index (Phi) is 9.08. The molecule has 150 valence electrons. The highest BCUT2D eigenvalue weighted by molar-refractivity contribution is 7.99. The van der Waals surface area contributed by atoms with Crippen LogP contribution >= 0.6 is 11.8 Å². The first-order valence-corrected chi connectivity index (χ1v) is 10.8. The number of aryl methyl sites for hydroxylation is 1. The molecule has 2 amide bonds. The Labute approximate surface area is 172 Å². The van der Waals surface area contributed by atoms with Gasteiger partial charge in [0.05, 0.1) is 0 Å². The highest BCUT2D eigenvalue weighted by Crippen LogP contribution is 2.20. The second-order valence-electron chi connectivity index (χ2n) is 6.74. The summed E-state index contributed by atoms with van der Waals surface area (Å²) in [6.45, 7) is 6.90. The third kappa shape index (κ3) is 6.71. The number of rotatable bonds is 10. The van der Waals surface area contributed by atoms with E-state index in [9.17, 15) is 9.59 Å². The molecular formula is C23H30N2O2S. The van der Waals surface area contributed by atoms with Gasteiger partial charge in [0.25, 0.3) is 0 Å². The predicted molar refractivity (Wildman–Crippen MR) is 116 cm³/mol. The van der Waals surface area contributed by atoms with E-state index in [1.54, 1.807) is 16.7 Å². The van der Waals surface area contributed by atoms with E-state index in [1.165, 1.54) is 5.56 Å². The SMILES string of the molecule is CCNC(=O)[C@H](CC)N(Cc1ccc(C)cc1)C(=O)CCSc1ccccc1. The molecule has 0 heterocycles. The van der Waals surface area contributed by atoms with Crippen molar-refractivity contribution in [1.82, 2.24) is 10.2 Å². The number of hydrogen-bond acceptors (Lipinski definition) is 3. The molecule has 2 rings (SSSR count). The molecule has 2 aromatic rings. The molecule has 0 aliphatic heterocycles. The third-order valence-electron chi connectivity index (χ3n) is 4.54. The number of likely N-dealkylation sites (N-methyl/N-ethyl adjacent to an activating group) is 1. The van der Waals surface area contributed by atoms with E-state index in [-0.39, 0.29) is 11.8 Å². The molecule has 0 unspecified atom stereocenters. The summed E-state index contributed by atoms with van der Waals surface area (Å²) in [5, 5.41) is 2.87. The minimum Gasteiger partial charge on any atom is -0.355 e. The van der Waals surface area contributed by atoms with Crippen molar-refractivity contribution in [1.29, 1.82) is 0 Å². The smallest absolute Gasteiger partial charge is 0.242 e. The number of carbonyl (C=O) groups excluding carboxylic acids is 2. The van der Waals surface area contributed by atoms with Crippen molar-refractivity contribution in [2.45, 2.75) is 51.1 Å². The van der Waals surface area contributed by atoms with Crippen LogP contribution in [0.5, 0.6) is 0 Å². The van der Waals surface area contributed by atoms with E-state index < -0.39 is 6.04 Å². The number of nitrogens with zero attached hydrogens (tertiary/aromatic N) is 1. The molecule has 1 atom stereocenters. The van der Waals surface area contributed by atoms with Crippen molar-refractivity contribution < 1.29 is 9.59 Å². The van der Waals surface area contributed by atoms with Gasteiger partial charge in [0, 0.05) is 30.2 Å². The van der Waals surface area contributed by atoms with Gasteiger partial charge in [-0.2, -0.15) is 0 Å². The largest absolute Gasteiger partial charge is 0.355 e. The number of nitrogens with one attached hydrogen (secondary N) is 1. The molecule has 0 aliphatic rings. The zero-order valence-corrected chi connectivity index (χ0v) is 17.8. The van der Waals surface area contributed by atoms with Crippen LogP contribution in [0.15, 0.2) is 59.5 Å². The van der Waals surface area contributed by atoms with Gasteiger partial charge in [0.2, 0.25) is 11.8 Å². The second-order valence-corrected chi connectivity index (χ2v) is 7.91. The van der Waals surface area contributed by atoms with Crippen molar-refractivity contribution >= 4 is 23.6 Å². The molecule has 0 aliphatic carbocycles. The zero-order chi connectivity index (χ0) is 20.4. The molecule has 4 nitrogen and oxygen atoms in total. The summed E-state index contributed by atoms with van der Waals surface area (Å²) in [5.74, 6) is 0.627. The first-order chi connectivity index (χ1) is 13.5. The Morgan fingerprint density at radius 2 is 1.71 bits per heavy atom. The quantitative estimate of drug-likeness (QED) is 0.603. The van der Waals surface area contributed by atoms with Gasteiger partial charge in [-0.05, 0) is 38.0 Å². The van der Waals surface area contributed by atoms with Crippen LogP contribution in [0.4, 0.5) is 0 Å². The van der Waals surface area contributed by atoms with E-state index in [2.05, 4.69) is 5.32 Å².